The number of nitriles is 1. The molecule has 1 heterocycles. The van der Waals surface area contributed by atoms with Crippen LogP contribution in [0.1, 0.15) is 27.7 Å². The van der Waals surface area contributed by atoms with Gasteiger partial charge in [-0.05, 0) is 31.9 Å². The van der Waals surface area contributed by atoms with Crippen LogP contribution in [0.2, 0.25) is 0 Å². The molecule has 2 atom stereocenters. The van der Waals surface area contributed by atoms with Crippen LogP contribution in [0.5, 0.6) is 5.75 Å². The fraction of sp³-hybridized carbons (Fsp3) is 0.444. The van der Waals surface area contributed by atoms with Crippen LogP contribution in [0.3, 0.4) is 0 Å². The van der Waals surface area contributed by atoms with E-state index in [0.29, 0.717) is 15.2 Å². The molecule has 0 aliphatic heterocycles. The van der Waals surface area contributed by atoms with Crippen LogP contribution in [-0.2, 0) is 4.79 Å². The first-order chi connectivity index (χ1) is 12.8. The third-order valence-corrected chi connectivity index (χ3v) is 6.19. The SMILES string of the molecule is COc1ccccc1Nc1nnc(S[C@H](C)C(=O)N[C@@](C)(C#N)C(C)C)s1. The number of aromatic nitrogens is 2. The number of carbonyl (C=O) groups is 1. The largest absolute Gasteiger partial charge is 0.495 e. The number of rotatable bonds is 8. The first-order valence-corrected chi connectivity index (χ1v) is 10.1. The van der Waals surface area contributed by atoms with Crippen molar-refractivity contribution < 1.29 is 9.53 Å². The van der Waals surface area contributed by atoms with E-state index in [4.69, 9.17) is 4.74 Å². The summed E-state index contributed by atoms with van der Waals surface area (Å²) in [5.74, 6) is 0.508. The summed E-state index contributed by atoms with van der Waals surface area (Å²) >= 11 is 2.66. The Hall–Kier alpha value is -2.31. The van der Waals surface area contributed by atoms with Crippen molar-refractivity contribution in [2.45, 2.75) is 42.8 Å². The summed E-state index contributed by atoms with van der Waals surface area (Å²) in [6.07, 6.45) is 0. The van der Waals surface area contributed by atoms with E-state index in [0.717, 1.165) is 5.69 Å². The molecule has 9 heteroatoms. The maximum atomic E-state index is 12.4. The van der Waals surface area contributed by atoms with Crippen LogP contribution in [0.25, 0.3) is 0 Å². The summed E-state index contributed by atoms with van der Waals surface area (Å²) in [5.41, 5.74) is -0.107. The molecule has 2 aromatic rings. The van der Waals surface area contributed by atoms with Crippen molar-refractivity contribution in [2.75, 3.05) is 12.4 Å². The molecular weight excluding hydrogens is 382 g/mol. The van der Waals surface area contributed by atoms with Gasteiger partial charge in [0, 0.05) is 0 Å². The van der Waals surface area contributed by atoms with Gasteiger partial charge >= 0.3 is 0 Å². The Balaban J connectivity index is 2.00. The van der Waals surface area contributed by atoms with E-state index >= 15 is 0 Å². The highest BCUT2D eigenvalue weighted by Crippen LogP contribution is 2.33. The van der Waals surface area contributed by atoms with Gasteiger partial charge in [-0.1, -0.05) is 49.1 Å². The van der Waals surface area contributed by atoms with Gasteiger partial charge in [-0.15, -0.1) is 10.2 Å². The zero-order chi connectivity index (χ0) is 20.0. The Morgan fingerprint density at radius 1 is 1.33 bits per heavy atom. The van der Waals surface area contributed by atoms with Gasteiger partial charge < -0.3 is 15.4 Å². The monoisotopic (exact) mass is 405 g/mol. The Morgan fingerprint density at radius 2 is 2.04 bits per heavy atom. The average molecular weight is 406 g/mol. The van der Waals surface area contributed by atoms with E-state index in [1.54, 1.807) is 21.0 Å². The summed E-state index contributed by atoms with van der Waals surface area (Å²) in [6.45, 7) is 7.32. The summed E-state index contributed by atoms with van der Waals surface area (Å²) in [7, 11) is 1.61. The van der Waals surface area contributed by atoms with Crippen molar-refractivity contribution in [3.05, 3.63) is 24.3 Å². The molecule has 0 spiro atoms. The molecule has 7 nitrogen and oxygen atoms in total. The fourth-order valence-electron chi connectivity index (χ4n) is 2.03. The molecule has 1 aromatic carbocycles. The van der Waals surface area contributed by atoms with E-state index in [-0.39, 0.29) is 11.8 Å². The van der Waals surface area contributed by atoms with Crippen LogP contribution in [0.4, 0.5) is 10.8 Å². The fourth-order valence-corrected chi connectivity index (χ4v) is 3.94. The molecule has 0 fully saturated rings. The van der Waals surface area contributed by atoms with Crippen LogP contribution < -0.4 is 15.4 Å². The normalized spacial score (nSPS) is 14.1. The third kappa shape index (κ3) is 5.34. The predicted octanol–water partition coefficient (Wildman–Crippen LogP) is 3.83. The van der Waals surface area contributed by atoms with Gasteiger partial charge in [0.1, 0.15) is 11.3 Å². The number of ether oxygens (including phenoxy) is 1. The molecule has 0 bridgehead atoms. The molecule has 1 amide bonds. The Bertz CT molecular complexity index is 833. The van der Waals surface area contributed by atoms with Gasteiger partial charge in [0.15, 0.2) is 4.34 Å². The highest BCUT2D eigenvalue weighted by Gasteiger charge is 2.32. The number of benzene rings is 1. The van der Waals surface area contributed by atoms with Crippen molar-refractivity contribution in [3.8, 4) is 11.8 Å². The second-order valence-corrected chi connectivity index (χ2v) is 8.98. The van der Waals surface area contributed by atoms with Gasteiger partial charge in [0.05, 0.1) is 24.1 Å². The van der Waals surface area contributed by atoms with Crippen LogP contribution >= 0.6 is 23.1 Å². The van der Waals surface area contributed by atoms with E-state index in [2.05, 4.69) is 26.9 Å². The number of amides is 1. The number of methoxy groups -OCH3 is 1. The Morgan fingerprint density at radius 3 is 2.67 bits per heavy atom. The maximum absolute atomic E-state index is 12.4. The highest BCUT2D eigenvalue weighted by atomic mass is 32.2. The highest BCUT2D eigenvalue weighted by molar-refractivity contribution is 8.02. The number of hydrogen-bond donors (Lipinski definition) is 2. The van der Waals surface area contributed by atoms with Crippen molar-refractivity contribution >= 4 is 39.8 Å². The number of hydrogen-bond acceptors (Lipinski definition) is 8. The van der Waals surface area contributed by atoms with E-state index in [1.165, 1.54) is 23.1 Å². The van der Waals surface area contributed by atoms with Gasteiger partial charge in [0.25, 0.3) is 0 Å². The lowest BCUT2D eigenvalue weighted by atomic mass is 9.90. The molecule has 0 saturated heterocycles. The first kappa shape index (κ1) is 21.0. The van der Waals surface area contributed by atoms with Gasteiger partial charge in [-0.2, -0.15) is 5.26 Å². The minimum absolute atomic E-state index is 0.00170. The maximum Gasteiger partial charge on any atom is 0.234 e. The molecule has 0 aliphatic rings. The van der Waals surface area contributed by atoms with Gasteiger partial charge in [-0.3, -0.25) is 4.79 Å². The molecule has 0 unspecified atom stereocenters. The molecule has 2 rings (SSSR count). The third-order valence-electron chi connectivity index (χ3n) is 4.17. The van der Waals surface area contributed by atoms with Gasteiger partial charge in [0.2, 0.25) is 11.0 Å². The van der Waals surface area contributed by atoms with Crippen molar-refractivity contribution in [1.82, 2.24) is 15.5 Å². The van der Waals surface area contributed by atoms with E-state index in [1.807, 2.05) is 38.1 Å². The van der Waals surface area contributed by atoms with E-state index in [9.17, 15) is 10.1 Å². The quantitative estimate of drug-likeness (QED) is 0.644. The van der Waals surface area contributed by atoms with Crippen molar-refractivity contribution in [2.24, 2.45) is 5.92 Å². The van der Waals surface area contributed by atoms with Crippen LogP contribution in [0.15, 0.2) is 28.6 Å². The molecule has 0 aliphatic carbocycles. The second-order valence-electron chi connectivity index (χ2n) is 6.42. The summed E-state index contributed by atoms with van der Waals surface area (Å²) in [4.78, 5) is 12.4. The average Bonchev–Trinajstić information content (AvgIpc) is 3.08. The lowest BCUT2D eigenvalue weighted by Crippen LogP contribution is -2.51. The summed E-state index contributed by atoms with van der Waals surface area (Å²) < 4.78 is 5.97. The van der Waals surface area contributed by atoms with Gasteiger partial charge in [-0.25, -0.2) is 0 Å². The molecule has 0 saturated carbocycles. The minimum Gasteiger partial charge on any atom is -0.495 e. The summed E-state index contributed by atoms with van der Waals surface area (Å²) in [6, 6.07) is 9.71. The second kappa shape index (κ2) is 9.06. The lowest BCUT2D eigenvalue weighted by molar-refractivity contribution is -0.121. The molecule has 2 N–H and O–H groups in total. The molecule has 1 aromatic heterocycles. The van der Waals surface area contributed by atoms with Crippen LogP contribution in [0, 0.1) is 17.2 Å². The number of thioether (sulfide) groups is 1. The molecule has 27 heavy (non-hydrogen) atoms. The zero-order valence-electron chi connectivity index (χ0n) is 15.9. The number of nitrogens with zero attached hydrogens (tertiary/aromatic N) is 3. The van der Waals surface area contributed by atoms with Crippen LogP contribution in [-0.4, -0.2) is 34.0 Å². The van der Waals surface area contributed by atoms with Crippen molar-refractivity contribution in [1.29, 1.82) is 5.26 Å². The molecule has 0 radical (unpaired) electrons. The molecular formula is C18H23N5O2S2. The minimum atomic E-state index is -0.899. The summed E-state index contributed by atoms with van der Waals surface area (Å²) in [5, 5.41) is 23.8. The predicted molar refractivity (Wildman–Crippen MR) is 109 cm³/mol. The first-order valence-electron chi connectivity index (χ1n) is 8.42. The number of anilines is 2. The number of carbonyl (C=O) groups excluding carboxylic acids is 1. The van der Waals surface area contributed by atoms with Crippen molar-refractivity contribution in [3.63, 3.8) is 0 Å². The Kier molecular flexibility index (Phi) is 7.05. The van der Waals surface area contributed by atoms with E-state index < -0.39 is 10.8 Å². The Labute approximate surface area is 167 Å². The lowest BCUT2D eigenvalue weighted by Gasteiger charge is -2.28. The standard InChI is InChI=1S/C18H23N5O2S2/c1-11(2)18(4,10-19)21-15(24)12(3)26-17-23-22-16(27-17)20-13-8-6-7-9-14(13)25-5/h6-9,11-12H,1-5H3,(H,20,22)(H,21,24)/t12-,18+/m1/s1. The zero-order valence-corrected chi connectivity index (χ0v) is 17.6. The number of nitrogens with one attached hydrogen (secondary N) is 2. The molecule has 144 valence electrons. The smallest absolute Gasteiger partial charge is 0.234 e. The number of para-hydroxylation sites is 2. The topological polar surface area (TPSA) is 99.9 Å².